The number of piperidine rings is 1. The van der Waals surface area contributed by atoms with E-state index >= 15 is 0 Å². The van der Waals surface area contributed by atoms with Crippen LogP contribution in [0.15, 0.2) is 41.3 Å². The lowest BCUT2D eigenvalue weighted by Gasteiger charge is -2.44. The summed E-state index contributed by atoms with van der Waals surface area (Å²) in [6.07, 6.45) is 1.62. The molecular weight excluding hydrogens is 448 g/mol. The van der Waals surface area contributed by atoms with Crippen molar-refractivity contribution in [3.05, 3.63) is 47.5 Å². The Morgan fingerprint density at radius 1 is 1.15 bits per heavy atom. The summed E-state index contributed by atoms with van der Waals surface area (Å²) in [5, 5.41) is 3.49. The number of fused-ring (bicyclic) bond motifs is 2. The molecule has 0 saturated carbocycles. The van der Waals surface area contributed by atoms with Gasteiger partial charge >= 0.3 is 0 Å². The monoisotopic (exact) mass is 486 g/mol. The Bertz CT molecular complexity index is 1170. The Balaban J connectivity index is 2.13. The summed E-state index contributed by atoms with van der Waals surface area (Å²) >= 11 is 0. The summed E-state index contributed by atoms with van der Waals surface area (Å²) in [4.78, 5) is 2.74. The fourth-order valence-corrected chi connectivity index (χ4v) is 6.95. The number of benzene rings is 2. The van der Waals surface area contributed by atoms with E-state index in [9.17, 15) is 8.42 Å². The van der Waals surface area contributed by atoms with Crippen LogP contribution < -0.4 is 20.7 Å². The van der Waals surface area contributed by atoms with Gasteiger partial charge in [-0.2, -0.15) is 0 Å². The highest BCUT2D eigenvalue weighted by Gasteiger charge is 2.56. The SMILES string of the molecule is COc1ccc(S(=O)(=O)N(C)C)c2c1N(CC(C)(C)C)[C@@H](c1ccccc1N)C21CCNCC1. The summed E-state index contributed by atoms with van der Waals surface area (Å²) < 4.78 is 34.5. The maximum Gasteiger partial charge on any atom is 0.242 e. The molecule has 1 fully saturated rings. The van der Waals surface area contributed by atoms with Crippen LogP contribution in [0.5, 0.6) is 5.75 Å². The van der Waals surface area contributed by atoms with Crippen molar-refractivity contribution < 1.29 is 13.2 Å². The van der Waals surface area contributed by atoms with E-state index in [2.05, 4.69) is 37.1 Å². The standard InChI is InChI=1S/C26H38N4O3S/c1-25(2,3)17-30-23-20(33-6)11-12-21(34(31,32)29(4)5)22(23)26(13-15-28-16-14-26)24(30)18-9-7-8-10-19(18)27/h7-12,24,28H,13-17,27H2,1-6H3/t24-/m0/s1. The molecule has 1 saturated heterocycles. The van der Waals surface area contributed by atoms with E-state index in [-0.39, 0.29) is 11.5 Å². The van der Waals surface area contributed by atoms with Gasteiger partial charge in [0.2, 0.25) is 10.0 Å². The molecule has 1 spiro atoms. The van der Waals surface area contributed by atoms with E-state index in [1.807, 2.05) is 18.2 Å². The fourth-order valence-electron chi connectivity index (χ4n) is 5.76. The molecule has 0 amide bonds. The summed E-state index contributed by atoms with van der Waals surface area (Å²) in [5.74, 6) is 0.701. The average molecular weight is 487 g/mol. The van der Waals surface area contributed by atoms with Gasteiger partial charge < -0.3 is 20.7 Å². The highest BCUT2D eigenvalue weighted by Crippen LogP contribution is 2.62. The van der Waals surface area contributed by atoms with Crippen LogP contribution in [0.25, 0.3) is 0 Å². The van der Waals surface area contributed by atoms with Crippen molar-refractivity contribution in [2.24, 2.45) is 5.41 Å². The maximum atomic E-state index is 13.6. The van der Waals surface area contributed by atoms with Crippen LogP contribution in [0.1, 0.15) is 50.8 Å². The van der Waals surface area contributed by atoms with Crippen molar-refractivity contribution in [3.8, 4) is 5.75 Å². The van der Waals surface area contributed by atoms with E-state index in [4.69, 9.17) is 10.5 Å². The number of anilines is 2. The van der Waals surface area contributed by atoms with Gasteiger partial charge in [-0.3, -0.25) is 0 Å². The number of rotatable bonds is 5. The van der Waals surface area contributed by atoms with E-state index in [0.717, 1.165) is 55.0 Å². The summed E-state index contributed by atoms with van der Waals surface area (Å²) in [6, 6.07) is 11.4. The van der Waals surface area contributed by atoms with Crippen LogP contribution in [0, 0.1) is 5.41 Å². The van der Waals surface area contributed by atoms with Crippen molar-refractivity contribution in [2.75, 3.05) is 51.5 Å². The Morgan fingerprint density at radius 2 is 1.79 bits per heavy atom. The van der Waals surface area contributed by atoms with Crippen LogP contribution in [-0.2, 0) is 15.4 Å². The minimum absolute atomic E-state index is 0.0427. The third-order valence-electron chi connectivity index (χ3n) is 7.13. The van der Waals surface area contributed by atoms with Gasteiger partial charge in [0.1, 0.15) is 5.75 Å². The highest BCUT2D eigenvalue weighted by molar-refractivity contribution is 7.89. The molecule has 0 radical (unpaired) electrons. The van der Waals surface area contributed by atoms with E-state index < -0.39 is 15.4 Å². The molecule has 3 N–H and O–H groups in total. The van der Waals surface area contributed by atoms with Crippen LogP contribution in [0.3, 0.4) is 0 Å². The van der Waals surface area contributed by atoms with Crippen LogP contribution >= 0.6 is 0 Å². The lowest BCUT2D eigenvalue weighted by Crippen LogP contribution is -2.47. The smallest absolute Gasteiger partial charge is 0.242 e. The Labute approximate surface area is 204 Å². The molecule has 1 atom stereocenters. The molecule has 2 aliphatic rings. The zero-order valence-electron chi connectivity index (χ0n) is 21.2. The van der Waals surface area contributed by atoms with Gasteiger partial charge in [0, 0.05) is 37.3 Å². The molecule has 2 heterocycles. The number of methoxy groups -OCH3 is 1. The van der Waals surface area contributed by atoms with Gasteiger partial charge in [0.15, 0.2) is 0 Å². The van der Waals surface area contributed by atoms with Gasteiger partial charge in [0.25, 0.3) is 0 Å². The molecular formula is C26H38N4O3S. The number of nitrogens with one attached hydrogen (secondary N) is 1. The molecule has 0 aliphatic carbocycles. The van der Waals surface area contributed by atoms with Crippen molar-refractivity contribution in [2.45, 2.75) is 50.0 Å². The Morgan fingerprint density at radius 3 is 2.35 bits per heavy atom. The quantitative estimate of drug-likeness (QED) is 0.626. The molecule has 7 nitrogen and oxygen atoms in total. The first-order chi connectivity index (χ1) is 15.9. The van der Waals surface area contributed by atoms with E-state index in [0.29, 0.717) is 10.6 Å². The highest BCUT2D eigenvalue weighted by atomic mass is 32.2. The summed E-state index contributed by atoms with van der Waals surface area (Å²) in [5.41, 5.74) is 9.66. The fraction of sp³-hybridized carbons (Fsp3) is 0.538. The topological polar surface area (TPSA) is 87.9 Å². The number of nitrogens with zero attached hydrogens (tertiary/aromatic N) is 2. The molecule has 2 aromatic rings. The predicted octanol–water partition coefficient (Wildman–Crippen LogP) is 3.76. The van der Waals surface area contributed by atoms with Crippen LogP contribution in [0.2, 0.25) is 0 Å². The minimum Gasteiger partial charge on any atom is -0.495 e. The number of hydrogen-bond donors (Lipinski definition) is 2. The number of ether oxygens (including phenoxy) is 1. The molecule has 8 heteroatoms. The number of para-hydroxylation sites is 1. The van der Waals surface area contributed by atoms with E-state index in [1.54, 1.807) is 33.3 Å². The van der Waals surface area contributed by atoms with Crippen molar-refractivity contribution in [3.63, 3.8) is 0 Å². The molecule has 34 heavy (non-hydrogen) atoms. The molecule has 2 aliphatic heterocycles. The van der Waals surface area contributed by atoms with Gasteiger partial charge in [-0.1, -0.05) is 39.0 Å². The Hall–Kier alpha value is -2.29. The molecule has 186 valence electrons. The second-order valence-electron chi connectivity index (χ2n) is 10.9. The zero-order valence-corrected chi connectivity index (χ0v) is 22.0. The predicted molar refractivity (Wildman–Crippen MR) is 138 cm³/mol. The maximum absolute atomic E-state index is 13.6. The largest absolute Gasteiger partial charge is 0.495 e. The van der Waals surface area contributed by atoms with E-state index in [1.165, 1.54) is 4.31 Å². The van der Waals surface area contributed by atoms with Crippen LogP contribution in [0.4, 0.5) is 11.4 Å². The van der Waals surface area contributed by atoms with Gasteiger partial charge in [-0.15, -0.1) is 0 Å². The molecule has 4 rings (SSSR count). The number of sulfonamides is 1. The second-order valence-corrected chi connectivity index (χ2v) is 13.0. The zero-order chi connectivity index (χ0) is 24.9. The van der Waals surface area contributed by atoms with Crippen LogP contribution in [-0.4, -0.2) is 53.6 Å². The number of hydrogen-bond acceptors (Lipinski definition) is 6. The lowest BCUT2D eigenvalue weighted by molar-refractivity contribution is 0.252. The first-order valence-corrected chi connectivity index (χ1v) is 13.3. The molecule has 0 bridgehead atoms. The normalized spacial score (nSPS) is 20.1. The first-order valence-electron chi connectivity index (χ1n) is 11.9. The molecule has 0 aromatic heterocycles. The average Bonchev–Trinajstić information content (AvgIpc) is 3.02. The van der Waals surface area contributed by atoms with Gasteiger partial charge in [0.05, 0.1) is 23.7 Å². The lowest BCUT2D eigenvalue weighted by atomic mass is 9.67. The van der Waals surface area contributed by atoms with Crippen molar-refractivity contribution >= 4 is 21.4 Å². The first kappa shape index (κ1) is 24.8. The van der Waals surface area contributed by atoms with Gasteiger partial charge in [-0.05, 0) is 55.1 Å². The van der Waals surface area contributed by atoms with Crippen molar-refractivity contribution in [1.29, 1.82) is 0 Å². The Kier molecular flexibility index (Phi) is 6.38. The van der Waals surface area contributed by atoms with Crippen molar-refractivity contribution in [1.82, 2.24) is 9.62 Å². The number of nitrogen functional groups attached to an aromatic ring is 1. The summed E-state index contributed by atoms with van der Waals surface area (Å²) in [6.45, 7) is 8.97. The minimum atomic E-state index is -3.69. The molecule has 0 unspecified atom stereocenters. The molecule has 2 aromatic carbocycles. The number of nitrogens with two attached hydrogens (primary N) is 1. The summed E-state index contributed by atoms with van der Waals surface area (Å²) in [7, 11) is 1.16. The third-order valence-corrected chi connectivity index (χ3v) is 8.99. The van der Waals surface area contributed by atoms with Gasteiger partial charge in [-0.25, -0.2) is 12.7 Å². The third kappa shape index (κ3) is 3.95. The second kappa shape index (κ2) is 8.73.